The molecule has 0 saturated carbocycles. The van der Waals surface area contributed by atoms with Gasteiger partial charge in [-0.2, -0.15) is 0 Å². The van der Waals surface area contributed by atoms with E-state index in [0.29, 0.717) is 92.3 Å². The van der Waals surface area contributed by atoms with Gasteiger partial charge in [-0.05, 0) is 98.1 Å². The zero-order valence-electron chi connectivity index (χ0n) is 43.8. The second-order valence-corrected chi connectivity index (χ2v) is 19.5. The van der Waals surface area contributed by atoms with Crippen molar-refractivity contribution in [2.75, 3.05) is 41.9 Å². The number of anilines is 6. The van der Waals surface area contributed by atoms with E-state index in [0.717, 1.165) is 39.0 Å². The maximum absolute atomic E-state index is 13.9. The van der Waals surface area contributed by atoms with E-state index in [2.05, 4.69) is 46.3 Å². The molecule has 0 bridgehead atoms. The second kappa shape index (κ2) is 26.1. The number of fused-ring (bicyclic) bond motifs is 4. The third-order valence-corrected chi connectivity index (χ3v) is 13.0. The van der Waals surface area contributed by atoms with Gasteiger partial charge in [0.25, 0.3) is 0 Å². The monoisotopic (exact) mass is 1120 g/mol. The maximum Gasteiger partial charge on any atom is 0.333 e. The summed E-state index contributed by atoms with van der Waals surface area (Å²) in [6.07, 6.45) is 1.83. The van der Waals surface area contributed by atoms with Crippen LogP contribution in [0.2, 0.25) is 0 Å². The molecule has 0 radical (unpaired) electrons. The third kappa shape index (κ3) is 14.1. The zero-order chi connectivity index (χ0) is 56.9. The highest BCUT2D eigenvalue weighted by atomic mass is 79.9. The van der Waals surface area contributed by atoms with Crippen LogP contribution in [-0.2, 0) is 47.9 Å². The quantitative estimate of drug-likeness (QED) is 0.0306. The van der Waals surface area contributed by atoms with Crippen LogP contribution in [0.25, 0.3) is 0 Å². The molecule has 9 rings (SSSR count). The van der Waals surface area contributed by atoms with Gasteiger partial charge < -0.3 is 36.3 Å². The number of nitrogen functional groups attached to an aromatic ring is 2. The van der Waals surface area contributed by atoms with Crippen LogP contribution in [0.15, 0.2) is 187 Å². The molecule has 2 aliphatic rings. The van der Waals surface area contributed by atoms with Crippen LogP contribution in [0, 0.1) is 0 Å². The Bertz CT molecular complexity index is 3370. The maximum atomic E-state index is 13.9. The molecule has 0 spiro atoms. The highest BCUT2D eigenvalue weighted by molar-refractivity contribution is 9.10. The van der Waals surface area contributed by atoms with Crippen LogP contribution in [0.1, 0.15) is 101 Å². The number of rotatable bonds is 16. The van der Waals surface area contributed by atoms with Gasteiger partial charge >= 0.3 is 17.9 Å². The summed E-state index contributed by atoms with van der Waals surface area (Å²) in [5.74, 6) is -2.13. The minimum Gasteiger partial charge on any atom is -0.462 e. The van der Waals surface area contributed by atoms with Crippen molar-refractivity contribution in [2.45, 2.75) is 40.0 Å². The van der Waals surface area contributed by atoms with E-state index in [1.807, 2.05) is 72.8 Å². The predicted octanol–water partition coefficient (Wildman–Crippen LogP) is 12.0. The average Bonchev–Trinajstić information content (AvgIpc) is 3.49. The molecule has 0 saturated heterocycles. The molecule has 0 aliphatic heterocycles. The first kappa shape index (κ1) is 57.2. The lowest BCUT2D eigenvalue weighted by atomic mass is 9.82. The molecule has 0 heterocycles. The summed E-state index contributed by atoms with van der Waals surface area (Å²) >= 11 is 3.36. The number of carbonyl (C=O) groups is 7. The van der Waals surface area contributed by atoms with Gasteiger partial charge in [0, 0.05) is 85.5 Å². The second-order valence-electron chi connectivity index (χ2n) is 18.6. The lowest BCUT2D eigenvalue weighted by molar-refractivity contribution is -0.139. The number of ketones is 4. The van der Waals surface area contributed by atoms with Crippen molar-refractivity contribution < 1.29 is 47.8 Å². The molecule has 15 heteroatoms. The number of nitrogens with two attached hydrogens (primary N) is 2. The Morgan fingerprint density at radius 2 is 0.696 bits per heavy atom. The number of esters is 3. The van der Waals surface area contributed by atoms with E-state index in [-0.39, 0.29) is 53.4 Å². The Morgan fingerprint density at radius 3 is 1.01 bits per heavy atom. The van der Waals surface area contributed by atoms with Crippen molar-refractivity contribution in [3.05, 3.63) is 248 Å². The topological polar surface area (TPSA) is 223 Å². The number of halogens is 1. The van der Waals surface area contributed by atoms with Crippen LogP contribution < -0.4 is 22.1 Å². The van der Waals surface area contributed by atoms with E-state index < -0.39 is 11.9 Å². The first-order valence-corrected chi connectivity index (χ1v) is 25.8. The molecular formula is C64H57BrN4O10. The summed E-state index contributed by atoms with van der Waals surface area (Å²) in [4.78, 5) is 86.7. The molecule has 0 fully saturated rings. The summed E-state index contributed by atoms with van der Waals surface area (Å²) in [5.41, 5.74) is 21.5. The number of nitrogens with one attached hydrogen (secondary N) is 2. The number of benzene rings is 7. The first-order valence-electron chi connectivity index (χ1n) is 25.0. The molecule has 79 heavy (non-hydrogen) atoms. The Hall–Kier alpha value is -9.47. The molecule has 0 unspecified atom stereocenters. The lowest BCUT2D eigenvalue weighted by Crippen LogP contribution is -2.23. The first-order chi connectivity index (χ1) is 37.8. The zero-order valence-corrected chi connectivity index (χ0v) is 45.4. The normalized spacial score (nSPS) is 11.6. The summed E-state index contributed by atoms with van der Waals surface area (Å²) in [6, 6.07) is 43.2. The van der Waals surface area contributed by atoms with Gasteiger partial charge in [0.15, 0.2) is 23.1 Å². The highest BCUT2D eigenvalue weighted by Gasteiger charge is 2.34. The van der Waals surface area contributed by atoms with Crippen molar-refractivity contribution in [2.24, 2.45) is 0 Å². The summed E-state index contributed by atoms with van der Waals surface area (Å²) in [7, 11) is 0. The molecule has 0 aromatic heterocycles. The number of ether oxygens (including phenoxy) is 3. The fraction of sp³-hybridized carbons (Fsp3) is 0.141. The molecule has 400 valence electrons. The van der Waals surface area contributed by atoms with Crippen molar-refractivity contribution >= 4 is 91.1 Å². The minimum atomic E-state index is -0.415. The third-order valence-electron chi connectivity index (χ3n) is 12.5. The number of hydrogen-bond donors (Lipinski definition) is 4. The van der Waals surface area contributed by atoms with Crippen LogP contribution in [-0.4, -0.2) is 60.9 Å². The van der Waals surface area contributed by atoms with Crippen LogP contribution in [0.4, 0.5) is 34.1 Å². The fourth-order valence-electron chi connectivity index (χ4n) is 8.37. The SMILES string of the molecule is C=C(C)C(=O)OCCc1ccc(Br)cc1.C=C(C)C(=O)OCCc1ccc(Nc2cccc3c2C(=O)c2cccc(Nc4ccc(CCOC(=O)C(=C)C)cc4)c2C3=O)cc1.Nc1cccc2c1C(=O)c1cccc(N)c1C2=O. The van der Waals surface area contributed by atoms with Crippen LogP contribution >= 0.6 is 15.9 Å². The average molecular weight is 1120 g/mol. The molecular weight excluding hydrogens is 1060 g/mol. The molecule has 7 aromatic carbocycles. The number of carbonyl (C=O) groups excluding carboxylic acids is 7. The van der Waals surface area contributed by atoms with E-state index in [9.17, 15) is 33.6 Å². The molecule has 0 atom stereocenters. The lowest BCUT2D eigenvalue weighted by Gasteiger charge is -2.23. The van der Waals surface area contributed by atoms with Gasteiger partial charge in [0.05, 0.1) is 53.4 Å². The van der Waals surface area contributed by atoms with Gasteiger partial charge in [-0.15, -0.1) is 0 Å². The fourth-order valence-corrected chi connectivity index (χ4v) is 8.64. The van der Waals surface area contributed by atoms with Gasteiger partial charge in [-0.1, -0.05) is 121 Å². The molecule has 7 aromatic rings. The Kier molecular flexibility index (Phi) is 18.9. The van der Waals surface area contributed by atoms with Gasteiger partial charge in [0.2, 0.25) is 0 Å². The minimum absolute atomic E-state index is 0.244. The molecule has 0 amide bonds. The van der Waals surface area contributed by atoms with E-state index in [1.165, 1.54) is 0 Å². The number of hydrogen-bond acceptors (Lipinski definition) is 14. The van der Waals surface area contributed by atoms with E-state index in [4.69, 9.17) is 25.7 Å². The van der Waals surface area contributed by atoms with E-state index in [1.54, 1.807) is 93.6 Å². The van der Waals surface area contributed by atoms with Gasteiger partial charge in [0.1, 0.15) is 0 Å². The predicted molar refractivity (Wildman–Crippen MR) is 310 cm³/mol. The van der Waals surface area contributed by atoms with Crippen molar-refractivity contribution in [1.29, 1.82) is 0 Å². The van der Waals surface area contributed by atoms with Crippen molar-refractivity contribution in [3.8, 4) is 0 Å². The summed E-state index contributed by atoms with van der Waals surface area (Å²) in [6.45, 7) is 16.4. The van der Waals surface area contributed by atoms with Crippen molar-refractivity contribution in [1.82, 2.24) is 0 Å². The van der Waals surface area contributed by atoms with Crippen molar-refractivity contribution in [3.63, 3.8) is 0 Å². The Morgan fingerprint density at radius 1 is 0.418 bits per heavy atom. The summed E-state index contributed by atoms with van der Waals surface area (Å²) in [5, 5.41) is 6.60. The largest absolute Gasteiger partial charge is 0.462 e. The molecule has 14 nitrogen and oxygen atoms in total. The van der Waals surface area contributed by atoms with Crippen LogP contribution in [0.5, 0.6) is 0 Å². The van der Waals surface area contributed by atoms with Crippen LogP contribution in [0.3, 0.4) is 0 Å². The highest BCUT2D eigenvalue weighted by Crippen LogP contribution is 2.38. The van der Waals surface area contributed by atoms with Gasteiger partial charge in [-0.25, -0.2) is 14.4 Å². The molecule has 2 aliphatic carbocycles. The van der Waals surface area contributed by atoms with Gasteiger partial charge in [-0.3, -0.25) is 19.2 Å². The Balaban J connectivity index is 0.000000221. The molecule has 6 N–H and O–H groups in total. The smallest absolute Gasteiger partial charge is 0.333 e. The summed E-state index contributed by atoms with van der Waals surface area (Å²) < 4.78 is 16.4. The standard InChI is InChI=1S/C38H34N2O6.C14H10N2O2.C12H13BrO2/c1-23(2)37(43)45-21-19-25-11-15-27(16-12-25)39-31-9-5-7-29-33(31)35(41)30-8-6-10-32(34(30)36(29)42)40-28-17-13-26(14-18-28)20-22-46-38(44)24(3)4;15-9-5-1-3-7-11(9)14(18)8-4-2-6-10(16)12(8)13(7)17;1-9(2)12(14)15-8-7-10-3-5-11(13)6-4-10/h5-18,39-40H,1,3,19-22H2,2,4H3;1-6H,15-16H2;3-6H,1,7-8H2,2H3. The van der Waals surface area contributed by atoms with E-state index >= 15 is 0 Å². The Labute approximate surface area is 466 Å².